The van der Waals surface area contributed by atoms with E-state index < -0.39 is 96.1 Å². The highest BCUT2D eigenvalue weighted by Crippen LogP contribution is 2.89. The Morgan fingerprint density at radius 3 is 1.98 bits per heavy atom. The van der Waals surface area contributed by atoms with Crippen molar-refractivity contribution in [2.75, 3.05) is 13.2 Å². The molecule has 59 heavy (non-hydrogen) atoms. The van der Waals surface area contributed by atoms with Crippen molar-refractivity contribution in [2.24, 2.45) is 44.8 Å². The minimum Gasteiger partial charge on any atom is -0.455 e. The van der Waals surface area contributed by atoms with Crippen molar-refractivity contribution >= 4 is 11.9 Å². The SMILES string of the molecule is CC(=O)O[C@@H]1[C@@H](OC(C)=O)[C@H](O[C@H]2CC[C@]34C[C@]35CC[C@]3(C)[C@@H]([C@@]6(C)CC[C@@H](C(C)(C)O)O6)[C@@H](O)C[C@@]3(C)[C@@H]5C[C@H](O[C@H]3OC[C@H](O)[C@@H](O)[C@@H]3O)C4C2(C)C)OC[C@H]1O. The normalized spacial score (nSPS) is 54.0. The predicted octanol–water partition coefficient (Wildman–Crippen LogP) is 2.50. The summed E-state index contributed by atoms with van der Waals surface area (Å²) >= 11 is 0. The minimum atomic E-state index is -1.49. The molecule has 20 atom stereocenters. The monoisotopic (exact) mass is 838 g/mol. The summed E-state index contributed by atoms with van der Waals surface area (Å²) in [4.78, 5) is 24.4. The first-order valence-corrected chi connectivity index (χ1v) is 22.0. The van der Waals surface area contributed by atoms with E-state index in [9.17, 15) is 40.2 Å². The van der Waals surface area contributed by atoms with Crippen LogP contribution in [0.1, 0.15) is 120 Å². The van der Waals surface area contributed by atoms with Crippen molar-refractivity contribution in [1.82, 2.24) is 0 Å². The number of ether oxygens (including phenoxy) is 7. The van der Waals surface area contributed by atoms with Crippen molar-refractivity contribution in [3.05, 3.63) is 0 Å². The Labute approximate surface area is 347 Å². The highest BCUT2D eigenvalue weighted by atomic mass is 16.7. The van der Waals surface area contributed by atoms with Gasteiger partial charge in [-0.25, -0.2) is 0 Å². The molecule has 3 aliphatic heterocycles. The number of hydrogen-bond acceptors (Lipinski definition) is 15. The summed E-state index contributed by atoms with van der Waals surface area (Å²) < 4.78 is 43.5. The average molecular weight is 839 g/mol. The number of esters is 2. The molecule has 8 fully saturated rings. The van der Waals surface area contributed by atoms with Crippen LogP contribution < -0.4 is 0 Å². The average Bonchev–Trinajstić information content (AvgIpc) is 3.49. The van der Waals surface area contributed by atoms with Crippen LogP contribution in [0.15, 0.2) is 0 Å². The molecular formula is C44H70O15. The van der Waals surface area contributed by atoms with Gasteiger partial charge in [0.05, 0.1) is 48.8 Å². The first-order valence-electron chi connectivity index (χ1n) is 22.0. The molecule has 5 aliphatic carbocycles. The lowest BCUT2D eigenvalue weighted by Gasteiger charge is -2.65. The van der Waals surface area contributed by atoms with Gasteiger partial charge < -0.3 is 63.8 Å². The summed E-state index contributed by atoms with van der Waals surface area (Å²) in [7, 11) is 0. The maximum Gasteiger partial charge on any atom is 0.303 e. The number of carbonyl (C=O) groups is 2. The van der Waals surface area contributed by atoms with Crippen molar-refractivity contribution in [1.29, 1.82) is 0 Å². The highest BCUT2D eigenvalue weighted by Gasteiger charge is 2.85. The number of aliphatic hydroxyl groups excluding tert-OH is 5. The van der Waals surface area contributed by atoms with Gasteiger partial charge in [-0.1, -0.05) is 27.7 Å². The molecule has 15 heteroatoms. The van der Waals surface area contributed by atoms with Gasteiger partial charge >= 0.3 is 11.9 Å². The summed E-state index contributed by atoms with van der Waals surface area (Å²) in [5.41, 5.74) is -3.16. The molecule has 0 aromatic rings. The molecular weight excluding hydrogens is 768 g/mol. The van der Waals surface area contributed by atoms with Gasteiger partial charge in [0.1, 0.15) is 24.4 Å². The van der Waals surface area contributed by atoms with E-state index in [1.54, 1.807) is 13.8 Å². The molecule has 336 valence electrons. The van der Waals surface area contributed by atoms with Crippen LogP contribution in [0, 0.1) is 44.8 Å². The zero-order valence-electron chi connectivity index (χ0n) is 36.3. The van der Waals surface area contributed by atoms with Crippen LogP contribution in [-0.2, 0) is 42.7 Å². The molecule has 5 saturated carbocycles. The molecule has 2 spiro atoms. The Hall–Kier alpha value is -1.50. The van der Waals surface area contributed by atoms with E-state index in [2.05, 4.69) is 34.6 Å². The van der Waals surface area contributed by atoms with Crippen LogP contribution >= 0.6 is 0 Å². The first kappa shape index (κ1) is 44.1. The van der Waals surface area contributed by atoms with Crippen molar-refractivity contribution < 1.29 is 73.4 Å². The minimum absolute atomic E-state index is 0.0659. The van der Waals surface area contributed by atoms with Gasteiger partial charge in [-0.05, 0) is 117 Å². The van der Waals surface area contributed by atoms with Gasteiger partial charge in [-0.15, -0.1) is 0 Å². The van der Waals surface area contributed by atoms with Crippen LogP contribution in [-0.4, -0.2) is 141 Å². The molecule has 0 bridgehead atoms. The van der Waals surface area contributed by atoms with Crippen LogP contribution in [0.5, 0.6) is 0 Å². The molecule has 1 unspecified atom stereocenters. The predicted molar refractivity (Wildman–Crippen MR) is 207 cm³/mol. The molecule has 3 heterocycles. The highest BCUT2D eigenvalue weighted by molar-refractivity contribution is 5.67. The largest absolute Gasteiger partial charge is 0.455 e. The summed E-state index contributed by atoms with van der Waals surface area (Å²) in [6, 6.07) is 0. The van der Waals surface area contributed by atoms with Crippen LogP contribution in [0.3, 0.4) is 0 Å². The third-order valence-corrected chi connectivity index (χ3v) is 17.8. The lowest BCUT2D eigenvalue weighted by molar-refractivity contribution is -0.327. The molecule has 0 aromatic heterocycles. The molecule has 6 N–H and O–H groups in total. The smallest absolute Gasteiger partial charge is 0.303 e. The molecule has 0 amide bonds. The maximum atomic E-state index is 12.3. The summed E-state index contributed by atoms with van der Waals surface area (Å²) in [6.45, 7) is 16.7. The zero-order valence-corrected chi connectivity index (χ0v) is 36.3. The van der Waals surface area contributed by atoms with Crippen molar-refractivity contribution in [3.63, 3.8) is 0 Å². The van der Waals surface area contributed by atoms with E-state index in [1.165, 1.54) is 13.8 Å². The number of carbonyl (C=O) groups excluding carboxylic acids is 2. The van der Waals surface area contributed by atoms with Gasteiger partial charge in [-0.2, -0.15) is 0 Å². The van der Waals surface area contributed by atoms with E-state index in [0.717, 1.165) is 32.1 Å². The van der Waals surface area contributed by atoms with E-state index in [1.807, 2.05) is 0 Å². The van der Waals surface area contributed by atoms with Crippen LogP contribution in [0.2, 0.25) is 0 Å². The summed E-state index contributed by atoms with van der Waals surface area (Å²) in [5.74, 6) is -1.47. The standard InChI is InChI=1S/C44H70O15/c1-21(45)55-32-25(49)19-54-37(33(32)56-22(2)46)58-28-11-13-44-20-43(44)15-14-40(7)34(42(9)12-10-29(59-42)39(5,6)52)23(47)17-41(40,8)27(43)16-26(35(44)38(28,3)4)57-36-31(51)30(50)24(48)18-53-36/h23-37,47-52H,10-20H2,1-9H3/t23-,24-,25+,26-,27-,28-,29-,30+,31-,32-,33+,34-,35?,36+,37-,40+,41-,42+,43-,44+/m0/s1. The van der Waals surface area contributed by atoms with Crippen molar-refractivity contribution in [3.8, 4) is 0 Å². The van der Waals surface area contributed by atoms with Crippen LogP contribution in [0.25, 0.3) is 0 Å². The second-order valence-corrected chi connectivity index (χ2v) is 21.8. The number of fused-ring (bicyclic) bond motifs is 2. The van der Waals surface area contributed by atoms with E-state index in [4.69, 9.17) is 33.2 Å². The lowest BCUT2D eigenvalue weighted by Crippen LogP contribution is -2.65. The maximum absolute atomic E-state index is 12.3. The Kier molecular flexibility index (Phi) is 10.9. The Morgan fingerprint density at radius 1 is 0.695 bits per heavy atom. The van der Waals surface area contributed by atoms with Gasteiger partial charge in [0.15, 0.2) is 24.8 Å². The van der Waals surface area contributed by atoms with Gasteiger partial charge in [0.25, 0.3) is 0 Å². The molecule has 8 rings (SSSR count). The number of hydrogen-bond donors (Lipinski definition) is 6. The molecule has 3 saturated heterocycles. The number of aliphatic hydroxyl groups is 6. The summed E-state index contributed by atoms with van der Waals surface area (Å²) in [6.07, 6.45) is -5.24. The van der Waals surface area contributed by atoms with Gasteiger partial charge in [0, 0.05) is 19.8 Å². The zero-order chi connectivity index (χ0) is 43.0. The fourth-order valence-corrected chi connectivity index (χ4v) is 15.2. The second kappa shape index (κ2) is 14.5. The fourth-order valence-electron chi connectivity index (χ4n) is 15.2. The van der Waals surface area contributed by atoms with Crippen LogP contribution in [0.4, 0.5) is 0 Å². The van der Waals surface area contributed by atoms with Crippen molar-refractivity contribution in [2.45, 2.75) is 205 Å². The molecule has 0 radical (unpaired) electrons. The van der Waals surface area contributed by atoms with Gasteiger partial charge in [-0.3, -0.25) is 9.59 Å². The van der Waals surface area contributed by atoms with Gasteiger partial charge in [0.2, 0.25) is 0 Å². The molecule has 8 aliphatic rings. The molecule has 15 nitrogen and oxygen atoms in total. The molecule has 0 aromatic carbocycles. The Bertz CT molecular complexity index is 1630. The third kappa shape index (κ3) is 6.60. The Morgan fingerprint density at radius 2 is 1.34 bits per heavy atom. The van der Waals surface area contributed by atoms with E-state index in [-0.39, 0.29) is 58.7 Å². The quantitative estimate of drug-likeness (QED) is 0.153. The van der Waals surface area contributed by atoms with E-state index >= 15 is 0 Å². The fraction of sp³-hybridized carbons (Fsp3) is 0.955. The Balaban J connectivity index is 1.13. The first-order chi connectivity index (χ1) is 27.3. The summed E-state index contributed by atoms with van der Waals surface area (Å²) in [5, 5.41) is 66.3. The number of rotatable bonds is 8. The third-order valence-electron chi connectivity index (χ3n) is 17.8. The topological polar surface area (TPSA) is 220 Å². The lowest BCUT2D eigenvalue weighted by atomic mass is 9.41. The van der Waals surface area contributed by atoms with E-state index in [0.29, 0.717) is 25.7 Å². The second-order valence-electron chi connectivity index (χ2n) is 21.8.